The standard InChI is InChI=1S/C8H15NO6S3/c1-6-9(7(5-16-6)8(10)11)18(14,15)4-3-17(2,12)13/h6-7H,3-5H2,1-2H3,(H,10,11). The highest BCUT2D eigenvalue weighted by Crippen LogP contribution is 2.31. The summed E-state index contributed by atoms with van der Waals surface area (Å²) in [5.41, 5.74) is 0. The predicted molar refractivity (Wildman–Crippen MR) is 68.7 cm³/mol. The fourth-order valence-corrected chi connectivity index (χ4v) is 6.59. The Hall–Kier alpha value is -0.320. The summed E-state index contributed by atoms with van der Waals surface area (Å²) in [5, 5.41) is 8.47. The molecule has 1 fully saturated rings. The van der Waals surface area contributed by atoms with Gasteiger partial charge in [0, 0.05) is 12.0 Å². The highest BCUT2D eigenvalue weighted by Gasteiger charge is 2.43. The van der Waals surface area contributed by atoms with E-state index in [0.717, 1.165) is 10.6 Å². The van der Waals surface area contributed by atoms with Crippen molar-refractivity contribution in [2.75, 3.05) is 23.5 Å². The molecule has 2 atom stereocenters. The largest absolute Gasteiger partial charge is 0.480 e. The van der Waals surface area contributed by atoms with Gasteiger partial charge in [-0.05, 0) is 6.92 Å². The number of carboxylic acid groups (broad SMARTS) is 1. The Labute approximate surface area is 111 Å². The van der Waals surface area contributed by atoms with Crippen LogP contribution >= 0.6 is 11.8 Å². The maximum Gasteiger partial charge on any atom is 0.322 e. The Kier molecular flexibility index (Phi) is 4.68. The quantitative estimate of drug-likeness (QED) is 0.707. The van der Waals surface area contributed by atoms with Gasteiger partial charge in [-0.2, -0.15) is 4.31 Å². The average Bonchev–Trinajstić information content (AvgIpc) is 2.57. The predicted octanol–water partition coefficient (Wildman–Crippen LogP) is -0.791. The molecule has 0 spiro atoms. The lowest BCUT2D eigenvalue weighted by atomic mass is 10.3. The fraction of sp³-hybridized carbons (Fsp3) is 0.875. The smallest absolute Gasteiger partial charge is 0.322 e. The number of carboxylic acids is 1. The van der Waals surface area contributed by atoms with Gasteiger partial charge in [0.1, 0.15) is 15.9 Å². The van der Waals surface area contributed by atoms with Gasteiger partial charge >= 0.3 is 5.97 Å². The van der Waals surface area contributed by atoms with Crippen molar-refractivity contribution in [3.8, 4) is 0 Å². The van der Waals surface area contributed by atoms with Crippen LogP contribution in [0, 0.1) is 0 Å². The van der Waals surface area contributed by atoms with Gasteiger partial charge in [0.25, 0.3) is 0 Å². The minimum atomic E-state index is -3.88. The molecule has 0 saturated carbocycles. The number of thioether (sulfide) groups is 1. The van der Waals surface area contributed by atoms with Gasteiger partial charge < -0.3 is 5.11 Å². The van der Waals surface area contributed by atoms with Crippen molar-refractivity contribution in [3.63, 3.8) is 0 Å². The number of aliphatic carboxylic acids is 1. The van der Waals surface area contributed by atoms with E-state index in [2.05, 4.69) is 0 Å². The molecule has 0 radical (unpaired) electrons. The van der Waals surface area contributed by atoms with Crippen molar-refractivity contribution in [2.24, 2.45) is 0 Å². The van der Waals surface area contributed by atoms with Crippen LogP contribution in [-0.4, -0.2) is 67.1 Å². The van der Waals surface area contributed by atoms with Gasteiger partial charge in [0.2, 0.25) is 10.0 Å². The topological polar surface area (TPSA) is 109 Å². The van der Waals surface area contributed by atoms with Gasteiger partial charge in [-0.15, -0.1) is 11.8 Å². The number of hydrogen-bond acceptors (Lipinski definition) is 6. The molecule has 1 saturated heterocycles. The number of rotatable bonds is 5. The molecule has 1 heterocycles. The summed E-state index contributed by atoms with van der Waals surface area (Å²) in [4.78, 5) is 11.0. The summed E-state index contributed by atoms with van der Waals surface area (Å²) in [6.07, 6.45) is 0.944. The van der Waals surface area contributed by atoms with E-state index in [1.54, 1.807) is 6.92 Å². The molecule has 0 bridgehead atoms. The Bertz CT molecular complexity index is 525. The van der Waals surface area contributed by atoms with Crippen molar-refractivity contribution in [2.45, 2.75) is 18.3 Å². The van der Waals surface area contributed by atoms with Crippen LogP contribution in [0.3, 0.4) is 0 Å². The average molecular weight is 317 g/mol. The maximum atomic E-state index is 12.0. The van der Waals surface area contributed by atoms with E-state index in [1.807, 2.05) is 0 Å². The summed E-state index contributed by atoms with van der Waals surface area (Å²) in [7, 11) is -7.29. The molecule has 106 valence electrons. The molecule has 10 heteroatoms. The summed E-state index contributed by atoms with van der Waals surface area (Å²) in [6.45, 7) is 1.59. The molecule has 0 aromatic carbocycles. The zero-order valence-corrected chi connectivity index (χ0v) is 12.4. The fourth-order valence-electron chi connectivity index (χ4n) is 1.59. The molecule has 7 nitrogen and oxygen atoms in total. The van der Waals surface area contributed by atoms with Crippen LogP contribution in [0.25, 0.3) is 0 Å². The Morgan fingerprint density at radius 3 is 2.33 bits per heavy atom. The first-order valence-corrected chi connectivity index (χ1v) is 9.80. The molecule has 1 N–H and O–H groups in total. The van der Waals surface area contributed by atoms with Crippen LogP contribution in [-0.2, 0) is 24.7 Å². The second-order valence-corrected chi connectivity index (χ2v) is 9.66. The van der Waals surface area contributed by atoms with Gasteiger partial charge in [0.15, 0.2) is 0 Å². The molecule has 0 aromatic heterocycles. The van der Waals surface area contributed by atoms with Gasteiger partial charge in [-0.25, -0.2) is 16.8 Å². The molecular formula is C8H15NO6S3. The van der Waals surface area contributed by atoms with Crippen LogP contribution in [0.15, 0.2) is 0 Å². The van der Waals surface area contributed by atoms with Crippen LogP contribution in [0.5, 0.6) is 0 Å². The lowest BCUT2D eigenvalue weighted by Crippen LogP contribution is -2.46. The summed E-state index contributed by atoms with van der Waals surface area (Å²) in [6, 6.07) is -1.12. The molecule has 0 amide bonds. The Morgan fingerprint density at radius 2 is 1.89 bits per heavy atom. The maximum absolute atomic E-state index is 12.0. The molecule has 0 aromatic rings. The number of hydrogen-bond donors (Lipinski definition) is 1. The molecule has 1 aliphatic rings. The highest BCUT2D eigenvalue weighted by molar-refractivity contribution is 8.01. The van der Waals surface area contributed by atoms with E-state index in [9.17, 15) is 21.6 Å². The van der Waals surface area contributed by atoms with Gasteiger partial charge in [0.05, 0.1) is 16.9 Å². The molecule has 2 unspecified atom stereocenters. The third-order valence-electron chi connectivity index (χ3n) is 2.48. The van der Waals surface area contributed by atoms with E-state index in [-0.39, 0.29) is 5.75 Å². The second kappa shape index (κ2) is 5.35. The van der Waals surface area contributed by atoms with Crippen molar-refractivity contribution in [1.82, 2.24) is 4.31 Å². The third kappa shape index (κ3) is 3.84. The van der Waals surface area contributed by atoms with E-state index in [1.165, 1.54) is 11.8 Å². The zero-order chi connectivity index (χ0) is 14.1. The van der Waals surface area contributed by atoms with E-state index >= 15 is 0 Å². The van der Waals surface area contributed by atoms with E-state index in [0.29, 0.717) is 0 Å². The first kappa shape index (κ1) is 15.7. The minimum Gasteiger partial charge on any atom is -0.480 e. The van der Waals surface area contributed by atoms with Crippen molar-refractivity contribution in [3.05, 3.63) is 0 Å². The lowest BCUT2D eigenvalue weighted by molar-refractivity contribution is -0.140. The molecule has 1 rings (SSSR count). The van der Waals surface area contributed by atoms with Crippen molar-refractivity contribution in [1.29, 1.82) is 0 Å². The second-order valence-electron chi connectivity index (χ2n) is 4.06. The molecule has 0 aliphatic carbocycles. The number of carbonyl (C=O) groups is 1. The van der Waals surface area contributed by atoms with Gasteiger partial charge in [-0.3, -0.25) is 4.79 Å². The number of nitrogens with zero attached hydrogens (tertiary/aromatic N) is 1. The third-order valence-corrected chi connectivity index (χ3v) is 6.97. The van der Waals surface area contributed by atoms with E-state index < -0.39 is 48.8 Å². The molecule has 1 aliphatic heterocycles. The van der Waals surface area contributed by atoms with Crippen molar-refractivity contribution < 1.29 is 26.7 Å². The number of sulfonamides is 1. The first-order valence-electron chi connectivity index (χ1n) is 5.08. The normalized spacial score (nSPS) is 26.3. The monoisotopic (exact) mass is 317 g/mol. The van der Waals surface area contributed by atoms with Crippen molar-refractivity contribution >= 4 is 37.6 Å². The van der Waals surface area contributed by atoms with Crippen LogP contribution in [0.4, 0.5) is 0 Å². The Morgan fingerprint density at radius 1 is 1.33 bits per heavy atom. The molecular weight excluding hydrogens is 302 g/mol. The minimum absolute atomic E-state index is 0.175. The van der Waals surface area contributed by atoms with Crippen LogP contribution in [0.1, 0.15) is 6.92 Å². The summed E-state index contributed by atoms with van der Waals surface area (Å²) >= 11 is 1.22. The lowest BCUT2D eigenvalue weighted by Gasteiger charge is -2.23. The van der Waals surface area contributed by atoms with Gasteiger partial charge in [-0.1, -0.05) is 0 Å². The SMILES string of the molecule is CC1SCC(C(=O)O)N1S(=O)(=O)CCS(C)(=O)=O. The van der Waals surface area contributed by atoms with Crippen LogP contribution in [0.2, 0.25) is 0 Å². The summed E-state index contributed by atoms with van der Waals surface area (Å²) in [5.74, 6) is -2.13. The first-order chi connectivity index (χ1) is 8.04. The molecule has 18 heavy (non-hydrogen) atoms. The highest BCUT2D eigenvalue weighted by atomic mass is 32.2. The summed E-state index contributed by atoms with van der Waals surface area (Å²) < 4.78 is 46.8. The van der Waals surface area contributed by atoms with E-state index in [4.69, 9.17) is 5.11 Å². The zero-order valence-electron chi connectivity index (χ0n) is 9.94. The van der Waals surface area contributed by atoms with Crippen LogP contribution < -0.4 is 0 Å². The number of sulfone groups is 1. The Balaban J connectivity index is 2.92.